The van der Waals surface area contributed by atoms with Crippen molar-refractivity contribution in [3.63, 3.8) is 0 Å². The fourth-order valence-electron chi connectivity index (χ4n) is 1.08. The molecule has 1 aromatic heterocycles. The molecule has 1 aliphatic heterocycles. The Morgan fingerprint density at radius 2 is 1.91 bits per heavy atom. The van der Waals surface area contributed by atoms with Crippen LogP contribution in [-0.2, 0) is 0 Å². The van der Waals surface area contributed by atoms with Crippen LogP contribution in [0.25, 0.3) is 0 Å². The number of hydrogen-bond acceptors (Lipinski definition) is 3. The summed E-state index contributed by atoms with van der Waals surface area (Å²) in [7, 11) is 0. The molecule has 0 spiro atoms. The van der Waals surface area contributed by atoms with Gasteiger partial charge in [-0.3, -0.25) is 0 Å². The molecule has 0 atom stereocenters. The van der Waals surface area contributed by atoms with Gasteiger partial charge in [0.25, 0.3) is 0 Å². The fraction of sp³-hybridized carbons (Fsp3) is 0.429. The van der Waals surface area contributed by atoms with Crippen LogP contribution in [0.1, 0.15) is 4.44 Å². The number of rotatable bonds is 0. The van der Waals surface area contributed by atoms with E-state index in [9.17, 15) is 5.11 Å². The van der Waals surface area contributed by atoms with Gasteiger partial charge in [-0.1, -0.05) is 0 Å². The van der Waals surface area contributed by atoms with E-state index in [1.165, 1.54) is 0 Å². The molecular formula is C7H8O3Se. The fourth-order valence-corrected chi connectivity index (χ4v) is 2.71. The molecule has 4 heteroatoms. The van der Waals surface area contributed by atoms with Gasteiger partial charge in [-0.25, -0.2) is 0 Å². The molecule has 11 heavy (non-hydrogen) atoms. The van der Waals surface area contributed by atoms with E-state index in [2.05, 4.69) is 0 Å². The minimum absolute atomic E-state index is 0.0367. The van der Waals surface area contributed by atoms with Gasteiger partial charge in [0.15, 0.2) is 0 Å². The van der Waals surface area contributed by atoms with Crippen LogP contribution in [0.4, 0.5) is 0 Å². The first-order chi connectivity index (χ1) is 5.29. The molecule has 1 aromatic rings. The molecule has 0 radical (unpaired) electrons. The second kappa shape index (κ2) is 2.47. The Balaban J connectivity index is 2.52. The van der Waals surface area contributed by atoms with Crippen molar-refractivity contribution in [2.45, 2.75) is 6.92 Å². The van der Waals surface area contributed by atoms with Gasteiger partial charge in [0.2, 0.25) is 0 Å². The molecular weight excluding hydrogens is 211 g/mol. The van der Waals surface area contributed by atoms with E-state index in [4.69, 9.17) is 9.47 Å². The minimum atomic E-state index is 0.0367. The number of hydrogen-bond donors (Lipinski definition) is 1. The molecule has 2 heterocycles. The Kier molecular flexibility index (Phi) is 1.58. The van der Waals surface area contributed by atoms with Crippen LogP contribution in [-0.4, -0.2) is 32.8 Å². The predicted octanol–water partition coefficient (Wildman–Crippen LogP) is 0.529. The molecule has 0 aromatic carbocycles. The van der Waals surface area contributed by atoms with Gasteiger partial charge in [0.1, 0.15) is 0 Å². The molecule has 0 saturated heterocycles. The number of fused-ring (bicyclic) bond motifs is 1. The van der Waals surface area contributed by atoms with Crippen molar-refractivity contribution in [3.8, 4) is 16.1 Å². The van der Waals surface area contributed by atoms with Crippen LogP contribution in [0.15, 0.2) is 0 Å². The molecule has 0 amide bonds. The van der Waals surface area contributed by atoms with E-state index in [1.807, 2.05) is 6.92 Å². The van der Waals surface area contributed by atoms with Gasteiger partial charge in [-0.15, -0.1) is 0 Å². The van der Waals surface area contributed by atoms with Crippen molar-refractivity contribution in [1.29, 1.82) is 0 Å². The molecule has 0 aliphatic carbocycles. The zero-order valence-corrected chi connectivity index (χ0v) is 7.80. The SMILES string of the molecule is Cc1[se]c(O)c2c1OCCO2. The molecule has 1 N–H and O–H groups in total. The summed E-state index contributed by atoms with van der Waals surface area (Å²) in [6.07, 6.45) is 0. The summed E-state index contributed by atoms with van der Waals surface area (Å²) in [5.41, 5.74) is 0. The molecule has 3 nitrogen and oxygen atoms in total. The maximum atomic E-state index is 9.36. The Morgan fingerprint density at radius 3 is 2.55 bits per heavy atom. The maximum absolute atomic E-state index is 9.36. The van der Waals surface area contributed by atoms with Crippen LogP contribution >= 0.6 is 0 Å². The standard InChI is InChI=1S/C7H8O3Se/c1-4-5-6(7(8)11-4)10-3-2-9-5/h8H,2-3H2,1H3. The molecule has 0 bridgehead atoms. The van der Waals surface area contributed by atoms with Gasteiger partial charge in [0, 0.05) is 0 Å². The van der Waals surface area contributed by atoms with Crippen molar-refractivity contribution >= 4 is 14.5 Å². The molecule has 0 fully saturated rings. The zero-order chi connectivity index (χ0) is 7.84. The van der Waals surface area contributed by atoms with Crippen LogP contribution in [0.3, 0.4) is 0 Å². The van der Waals surface area contributed by atoms with E-state index in [0.29, 0.717) is 23.6 Å². The first-order valence-corrected chi connectivity index (χ1v) is 5.08. The van der Waals surface area contributed by atoms with E-state index >= 15 is 0 Å². The number of aromatic hydroxyl groups is 1. The second-order valence-electron chi connectivity index (χ2n) is 2.32. The number of ether oxygens (including phenoxy) is 2. The third kappa shape index (κ3) is 1.03. The third-order valence-electron chi connectivity index (χ3n) is 1.55. The quantitative estimate of drug-likeness (QED) is 0.647. The van der Waals surface area contributed by atoms with E-state index in [1.54, 1.807) is 0 Å². The van der Waals surface area contributed by atoms with Crippen LogP contribution in [0.5, 0.6) is 16.1 Å². The van der Waals surface area contributed by atoms with Crippen molar-refractivity contribution < 1.29 is 14.6 Å². The topological polar surface area (TPSA) is 38.7 Å². The van der Waals surface area contributed by atoms with Gasteiger partial charge in [0.05, 0.1) is 0 Å². The third-order valence-corrected chi connectivity index (χ3v) is 3.37. The van der Waals surface area contributed by atoms with Crippen molar-refractivity contribution in [3.05, 3.63) is 4.44 Å². The van der Waals surface area contributed by atoms with Crippen molar-refractivity contribution in [2.75, 3.05) is 13.2 Å². The Morgan fingerprint density at radius 1 is 1.27 bits per heavy atom. The summed E-state index contributed by atoms with van der Waals surface area (Å²) in [6.45, 7) is 3.11. The van der Waals surface area contributed by atoms with E-state index < -0.39 is 0 Å². The van der Waals surface area contributed by atoms with Crippen LogP contribution in [0, 0.1) is 6.92 Å². The van der Waals surface area contributed by atoms with Gasteiger partial charge < -0.3 is 0 Å². The van der Waals surface area contributed by atoms with Crippen molar-refractivity contribution in [2.24, 2.45) is 0 Å². The molecule has 1 aliphatic rings. The Labute approximate surface area is 70.3 Å². The summed E-state index contributed by atoms with van der Waals surface area (Å²) in [4.78, 5) is 0. The normalized spacial score (nSPS) is 15.0. The molecule has 0 saturated carbocycles. The first kappa shape index (κ1) is 7.07. The van der Waals surface area contributed by atoms with Crippen LogP contribution < -0.4 is 9.47 Å². The van der Waals surface area contributed by atoms with Crippen molar-refractivity contribution in [1.82, 2.24) is 0 Å². The molecule has 2 rings (SSSR count). The molecule has 60 valence electrons. The summed E-state index contributed by atoms with van der Waals surface area (Å²) in [6, 6.07) is 0. The average Bonchev–Trinajstić information content (AvgIpc) is 2.30. The Bertz CT molecular complexity index is 253. The van der Waals surface area contributed by atoms with Gasteiger partial charge in [-0.05, 0) is 0 Å². The van der Waals surface area contributed by atoms with E-state index in [-0.39, 0.29) is 14.5 Å². The van der Waals surface area contributed by atoms with Gasteiger partial charge >= 0.3 is 69.8 Å². The molecule has 0 unspecified atom stereocenters. The summed E-state index contributed by atoms with van der Waals surface area (Å²) < 4.78 is 12.1. The van der Waals surface area contributed by atoms with Crippen LogP contribution in [0.2, 0.25) is 0 Å². The van der Waals surface area contributed by atoms with E-state index in [0.717, 1.165) is 10.2 Å². The predicted molar refractivity (Wildman–Crippen MR) is 40.8 cm³/mol. The first-order valence-electron chi connectivity index (χ1n) is 3.37. The zero-order valence-electron chi connectivity index (χ0n) is 6.09. The van der Waals surface area contributed by atoms with Gasteiger partial charge in [-0.2, -0.15) is 0 Å². The summed E-state index contributed by atoms with van der Waals surface area (Å²) >= 11 is 0.0367. The monoisotopic (exact) mass is 220 g/mol. The summed E-state index contributed by atoms with van der Waals surface area (Å²) in [5.74, 6) is 1.35. The number of aryl methyl sites for hydroxylation is 1. The average molecular weight is 219 g/mol. The summed E-state index contributed by atoms with van der Waals surface area (Å²) in [5, 5.41) is 9.36. The second-order valence-corrected chi connectivity index (χ2v) is 4.84. The Hall–Kier alpha value is -0.601.